The van der Waals surface area contributed by atoms with Crippen LogP contribution < -0.4 is 0 Å². The van der Waals surface area contributed by atoms with Crippen LogP contribution in [0.4, 0.5) is 0 Å². The summed E-state index contributed by atoms with van der Waals surface area (Å²) in [6.45, 7) is 6.29. The quantitative estimate of drug-likeness (QED) is 0.719. The minimum absolute atomic E-state index is 0.106. The van der Waals surface area contributed by atoms with Crippen LogP contribution in [0.3, 0.4) is 0 Å². The molecule has 1 heterocycles. The summed E-state index contributed by atoms with van der Waals surface area (Å²) < 4.78 is 0. The second-order valence-corrected chi connectivity index (χ2v) is 6.82. The van der Waals surface area contributed by atoms with E-state index in [2.05, 4.69) is 9.80 Å². The molecule has 1 unspecified atom stereocenters. The van der Waals surface area contributed by atoms with Gasteiger partial charge in [0.2, 0.25) is 0 Å². The molecule has 0 radical (unpaired) electrons. The van der Waals surface area contributed by atoms with E-state index in [1.54, 1.807) is 0 Å². The van der Waals surface area contributed by atoms with E-state index >= 15 is 0 Å². The average Bonchev–Trinajstić information content (AvgIpc) is 2.72. The molecule has 0 saturated carbocycles. The van der Waals surface area contributed by atoms with Crippen LogP contribution in [0.5, 0.6) is 0 Å². The van der Waals surface area contributed by atoms with E-state index in [4.69, 9.17) is 0 Å². The summed E-state index contributed by atoms with van der Waals surface area (Å²) in [5.41, 5.74) is 1.56. The van der Waals surface area contributed by atoms with Crippen molar-refractivity contribution in [2.45, 2.75) is 19.4 Å². The number of nitrogens with zero attached hydrogens (tertiary/aromatic N) is 2. The number of Topliss-reactive ketones (excluding diaryl/α,β-unsaturated/α-hetero) is 2. The highest BCUT2D eigenvalue weighted by atomic mass is 16.1. The lowest BCUT2D eigenvalue weighted by Crippen LogP contribution is -2.51. The van der Waals surface area contributed by atoms with E-state index in [1.165, 1.54) is 0 Å². The minimum atomic E-state index is -0.106. The number of ketones is 2. The third-order valence-electron chi connectivity index (χ3n) is 5.14. The van der Waals surface area contributed by atoms with Gasteiger partial charge in [-0.1, -0.05) is 60.7 Å². The Balaban J connectivity index is 1.45. The first-order valence-electron chi connectivity index (χ1n) is 9.29. The lowest BCUT2D eigenvalue weighted by Gasteiger charge is -2.37. The molecule has 2 aromatic carbocycles. The first-order chi connectivity index (χ1) is 12.6. The van der Waals surface area contributed by atoms with Crippen molar-refractivity contribution >= 4 is 11.6 Å². The summed E-state index contributed by atoms with van der Waals surface area (Å²) in [4.78, 5) is 29.4. The molecule has 1 atom stereocenters. The van der Waals surface area contributed by atoms with Crippen molar-refractivity contribution in [2.24, 2.45) is 0 Å². The third-order valence-corrected chi connectivity index (χ3v) is 5.14. The van der Waals surface area contributed by atoms with Crippen molar-refractivity contribution in [3.63, 3.8) is 0 Å². The lowest BCUT2D eigenvalue weighted by atomic mass is 10.0. The molecule has 0 spiro atoms. The van der Waals surface area contributed by atoms with Crippen molar-refractivity contribution in [3.8, 4) is 0 Å². The number of piperazine rings is 1. The molecule has 26 heavy (non-hydrogen) atoms. The Labute approximate surface area is 155 Å². The summed E-state index contributed by atoms with van der Waals surface area (Å²) in [7, 11) is 0. The molecule has 4 heteroatoms. The smallest absolute Gasteiger partial charge is 0.179 e. The van der Waals surface area contributed by atoms with Gasteiger partial charge in [0.15, 0.2) is 11.6 Å². The number of benzene rings is 2. The van der Waals surface area contributed by atoms with Crippen molar-refractivity contribution in [2.75, 3.05) is 32.7 Å². The molecule has 0 aromatic heterocycles. The van der Waals surface area contributed by atoms with Crippen molar-refractivity contribution < 1.29 is 9.59 Å². The summed E-state index contributed by atoms with van der Waals surface area (Å²) in [6, 6.07) is 18.9. The van der Waals surface area contributed by atoms with Crippen molar-refractivity contribution in [1.29, 1.82) is 0 Å². The van der Waals surface area contributed by atoms with Crippen LogP contribution in [0, 0.1) is 0 Å². The zero-order chi connectivity index (χ0) is 18.4. The number of carbonyl (C=O) groups excluding carboxylic acids is 2. The zero-order valence-corrected chi connectivity index (χ0v) is 15.3. The topological polar surface area (TPSA) is 40.6 Å². The Hall–Kier alpha value is -2.30. The Kier molecular flexibility index (Phi) is 6.31. The zero-order valence-electron chi connectivity index (χ0n) is 15.3. The Morgan fingerprint density at radius 1 is 0.846 bits per heavy atom. The van der Waals surface area contributed by atoms with Crippen LogP contribution in [0.2, 0.25) is 0 Å². The van der Waals surface area contributed by atoms with Gasteiger partial charge in [0.05, 0.1) is 6.04 Å². The summed E-state index contributed by atoms with van der Waals surface area (Å²) in [5.74, 6) is 0.374. The van der Waals surface area contributed by atoms with E-state index in [0.717, 1.165) is 43.9 Å². The van der Waals surface area contributed by atoms with E-state index in [-0.39, 0.29) is 17.6 Å². The number of carbonyl (C=O) groups is 2. The first-order valence-corrected chi connectivity index (χ1v) is 9.29. The van der Waals surface area contributed by atoms with E-state index in [9.17, 15) is 9.59 Å². The molecule has 0 aliphatic carbocycles. The van der Waals surface area contributed by atoms with Gasteiger partial charge in [0.25, 0.3) is 0 Å². The molecule has 0 amide bonds. The number of rotatable bonds is 7. The standard InChI is InChI=1S/C22H26N2O2/c1-18(22(26)20-10-6-3-7-11-20)24-16-14-23(15-17-24)13-12-21(25)19-8-4-2-5-9-19/h2-11,18H,12-17H2,1H3. The number of hydrogen-bond acceptors (Lipinski definition) is 4. The van der Waals surface area contributed by atoms with Crippen LogP contribution in [0.15, 0.2) is 60.7 Å². The highest BCUT2D eigenvalue weighted by Crippen LogP contribution is 2.13. The summed E-state index contributed by atoms with van der Waals surface area (Å²) >= 11 is 0. The Morgan fingerprint density at radius 3 is 1.96 bits per heavy atom. The van der Waals surface area contributed by atoms with E-state index in [0.29, 0.717) is 6.42 Å². The van der Waals surface area contributed by atoms with Gasteiger partial charge in [-0.15, -0.1) is 0 Å². The van der Waals surface area contributed by atoms with Gasteiger partial charge in [0, 0.05) is 50.3 Å². The van der Waals surface area contributed by atoms with Crippen LogP contribution in [0.1, 0.15) is 34.1 Å². The Morgan fingerprint density at radius 2 is 1.38 bits per heavy atom. The molecule has 3 rings (SSSR count). The fourth-order valence-corrected chi connectivity index (χ4v) is 3.41. The lowest BCUT2D eigenvalue weighted by molar-refractivity contribution is 0.0691. The fraction of sp³-hybridized carbons (Fsp3) is 0.364. The molecular formula is C22H26N2O2. The average molecular weight is 350 g/mol. The predicted octanol–water partition coefficient (Wildman–Crippen LogP) is 3.15. The largest absolute Gasteiger partial charge is 0.300 e. The number of hydrogen-bond donors (Lipinski definition) is 0. The molecule has 0 bridgehead atoms. The first kappa shape index (κ1) is 18.5. The highest BCUT2D eigenvalue weighted by molar-refractivity contribution is 5.99. The van der Waals surface area contributed by atoms with Gasteiger partial charge in [-0.2, -0.15) is 0 Å². The SMILES string of the molecule is CC(C(=O)c1ccccc1)N1CCN(CCC(=O)c2ccccc2)CC1. The third kappa shape index (κ3) is 4.65. The molecule has 1 aliphatic rings. The van der Waals surface area contributed by atoms with Gasteiger partial charge in [-0.25, -0.2) is 0 Å². The van der Waals surface area contributed by atoms with Crippen LogP contribution in [-0.2, 0) is 0 Å². The fourth-order valence-electron chi connectivity index (χ4n) is 3.41. The summed E-state index contributed by atoms with van der Waals surface area (Å²) in [5, 5.41) is 0. The molecule has 0 N–H and O–H groups in total. The van der Waals surface area contributed by atoms with Crippen molar-refractivity contribution in [1.82, 2.24) is 9.80 Å². The van der Waals surface area contributed by atoms with Gasteiger partial charge >= 0.3 is 0 Å². The second-order valence-electron chi connectivity index (χ2n) is 6.82. The Bertz CT molecular complexity index is 722. The molecule has 4 nitrogen and oxygen atoms in total. The van der Waals surface area contributed by atoms with Gasteiger partial charge in [-0.05, 0) is 6.92 Å². The maximum atomic E-state index is 12.6. The molecular weight excluding hydrogens is 324 g/mol. The maximum Gasteiger partial charge on any atom is 0.179 e. The maximum absolute atomic E-state index is 12.6. The molecule has 1 saturated heterocycles. The summed E-state index contributed by atoms with van der Waals surface area (Å²) in [6.07, 6.45) is 0.544. The highest BCUT2D eigenvalue weighted by Gasteiger charge is 2.26. The second kappa shape index (κ2) is 8.88. The molecule has 1 fully saturated rings. The van der Waals surface area contributed by atoms with E-state index < -0.39 is 0 Å². The van der Waals surface area contributed by atoms with E-state index in [1.807, 2.05) is 67.6 Å². The normalized spacial score (nSPS) is 17.0. The van der Waals surface area contributed by atoms with Crippen LogP contribution in [-0.4, -0.2) is 60.1 Å². The van der Waals surface area contributed by atoms with Gasteiger partial charge < -0.3 is 4.90 Å². The monoisotopic (exact) mass is 350 g/mol. The van der Waals surface area contributed by atoms with Gasteiger partial charge in [-0.3, -0.25) is 14.5 Å². The molecule has 1 aliphatic heterocycles. The van der Waals surface area contributed by atoms with Gasteiger partial charge in [0.1, 0.15) is 0 Å². The van der Waals surface area contributed by atoms with Crippen molar-refractivity contribution in [3.05, 3.63) is 71.8 Å². The minimum Gasteiger partial charge on any atom is -0.300 e. The molecule has 2 aromatic rings. The predicted molar refractivity (Wildman–Crippen MR) is 104 cm³/mol. The van der Waals surface area contributed by atoms with Crippen LogP contribution in [0.25, 0.3) is 0 Å². The molecule has 136 valence electrons. The van der Waals surface area contributed by atoms with Crippen LogP contribution >= 0.6 is 0 Å².